The molecule has 3 aromatic rings. The maximum atomic E-state index is 9.02. The summed E-state index contributed by atoms with van der Waals surface area (Å²) < 4.78 is 6.70. The largest absolute Gasteiger partial charge is 0.479 e. The Hall–Kier alpha value is -2.85. The molecule has 2 heterocycles. The number of nitriles is 1. The van der Waals surface area contributed by atoms with Crippen molar-refractivity contribution in [1.29, 1.82) is 5.26 Å². The first kappa shape index (κ1) is 13.1. The van der Waals surface area contributed by atoms with Crippen LogP contribution in [0.5, 0.6) is 5.88 Å². The minimum Gasteiger partial charge on any atom is -0.479 e. The van der Waals surface area contributed by atoms with Crippen LogP contribution in [0.25, 0.3) is 16.9 Å². The van der Waals surface area contributed by atoms with Crippen molar-refractivity contribution >= 4 is 28.7 Å². The third-order valence-electron chi connectivity index (χ3n) is 2.95. The van der Waals surface area contributed by atoms with Crippen molar-refractivity contribution in [1.82, 2.24) is 19.5 Å². The second kappa shape index (κ2) is 4.92. The lowest BCUT2D eigenvalue weighted by Crippen LogP contribution is -2.02. The summed E-state index contributed by atoms with van der Waals surface area (Å²) >= 11 is 6.20. The van der Waals surface area contributed by atoms with Crippen molar-refractivity contribution in [3.63, 3.8) is 0 Å². The highest BCUT2D eigenvalue weighted by Crippen LogP contribution is 2.30. The van der Waals surface area contributed by atoms with Gasteiger partial charge in [0.05, 0.1) is 29.5 Å². The van der Waals surface area contributed by atoms with Gasteiger partial charge >= 0.3 is 0 Å². The van der Waals surface area contributed by atoms with Gasteiger partial charge in [-0.2, -0.15) is 10.2 Å². The molecule has 104 valence electrons. The van der Waals surface area contributed by atoms with Crippen LogP contribution in [-0.4, -0.2) is 26.6 Å². The standard InChI is InChI=1S/C13H9ClN6O/c1-21-12-10-11(17-6-18-12)20(13(16)19-10)9-4-7(5-15)2-3-8(9)14/h2-4,6H,1H3,(H2,16,19). The van der Waals surface area contributed by atoms with Gasteiger partial charge in [-0.1, -0.05) is 11.6 Å². The zero-order chi connectivity index (χ0) is 15.0. The number of methoxy groups -OCH3 is 1. The average Bonchev–Trinajstić information content (AvgIpc) is 2.83. The molecule has 0 spiro atoms. The number of nitrogen functional groups attached to an aromatic ring is 1. The zero-order valence-electron chi connectivity index (χ0n) is 10.9. The predicted molar refractivity (Wildman–Crippen MR) is 77.3 cm³/mol. The number of imidazole rings is 1. The number of rotatable bonds is 2. The van der Waals surface area contributed by atoms with Crippen LogP contribution in [0, 0.1) is 11.3 Å². The van der Waals surface area contributed by atoms with Crippen molar-refractivity contribution in [3.8, 4) is 17.6 Å². The number of ether oxygens (including phenoxy) is 1. The fourth-order valence-electron chi connectivity index (χ4n) is 2.03. The fraction of sp³-hybridized carbons (Fsp3) is 0.0769. The second-order valence-electron chi connectivity index (χ2n) is 4.14. The molecule has 0 unspecified atom stereocenters. The lowest BCUT2D eigenvalue weighted by atomic mass is 10.2. The number of aromatic nitrogens is 4. The van der Waals surface area contributed by atoms with Crippen LogP contribution < -0.4 is 10.5 Å². The van der Waals surface area contributed by atoms with Gasteiger partial charge in [-0.25, -0.2) is 9.97 Å². The summed E-state index contributed by atoms with van der Waals surface area (Å²) in [5.41, 5.74) is 7.82. The average molecular weight is 301 g/mol. The maximum Gasteiger partial charge on any atom is 0.245 e. The van der Waals surface area contributed by atoms with Gasteiger partial charge in [0.15, 0.2) is 11.2 Å². The SMILES string of the molecule is COc1ncnc2c1nc(N)n2-c1cc(C#N)ccc1Cl. The Bertz CT molecular complexity index is 882. The van der Waals surface area contributed by atoms with E-state index in [0.29, 0.717) is 33.3 Å². The van der Waals surface area contributed by atoms with E-state index in [0.717, 1.165) is 0 Å². The molecule has 0 atom stereocenters. The van der Waals surface area contributed by atoms with E-state index < -0.39 is 0 Å². The Kier molecular flexibility index (Phi) is 3.08. The van der Waals surface area contributed by atoms with Crippen LogP contribution >= 0.6 is 11.6 Å². The summed E-state index contributed by atoms with van der Waals surface area (Å²) in [6.07, 6.45) is 1.35. The van der Waals surface area contributed by atoms with E-state index >= 15 is 0 Å². The molecule has 3 rings (SSSR count). The lowest BCUT2D eigenvalue weighted by Gasteiger charge is -2.08. The first-order chi connectivity index (χ1) is 10.2. The van der Waals surface area contributed by atoms with E-state index in [-0.39, 0.29) is 5.95 Å². The molecule has 2 aromatic heterocycles. The van der Waals surface area contributed by atoms with Crippen molar-refractivity contribution in [2.75, 3.05) is 12.8 Å². The Morgan fingerprint density at radius 3 is 2.90 bits per heavy atom. The van der Waals surface area contributed by atoms with Crippen LogP contribution in [0.1, 0.15) is 5.56 Å². The summed E-state index contributed by atoms with van der Waals surface area (Å²) in [7, 11) is 1.49. The van der Waals surface area contributed by atoms with Gasteiger partial charge in [-0.05, 0) is 18.2 Å². The van der Waals surface area contributed by atoms with Crippen molar-refractivity contribution in [3.05, 3.63) is 35.1 Å². The molecule has 0 saturated heterocycles. The highest BCUT2D eigenvalue weighted by molar-refractivity contribution is 6.32. The molecule has 0 aliphatic carbocycles. The first-order valence-electron chi connectivity index (χ1n) is 5.88. The third-order valence-corrected chi connectivity index (χ3v) is 3.27. The number of anilines is 1. The molecule has 1 aromatic carbocycles. The van der Waals surface area contributed by atoms with E-state index in [1.54, 1.807) is 22.8 Å². The second-order valence-corrected chi connectivity index (χ2v) is 4.55. The van der Waals surface area contributed by atoms with E-state index in [1.807, 2.05) is 0 Å². The number of hydrogen-bond acceptors (Lipinski definition) is 6. The number of benzene rings is 1. The number of fused-ring (bicyclic) bond motifs is 1. The third kappa shape index (κ3) is 2.02. The maximum absolute atomic E-state index is 9.02. The molecular weight excluding hydrogens is 292 g/mol. The predicted octanol–water partition coefficient (Wildman–Crippen LogP) is 1.93. The van der Waals surface area contributed by atoms with Gasteiger partial charge in [-0.15, -0.1) is 0 Å². The first-order valence-corrected chi connectivity index (χ1v) is 6.26. The van der Waals surface area contributed by atoms with Gasteiger partial charge in [0.2, 0.25) is 11.8 Å². The summed E-state index contributed by atoms with van der Waals surface area (Å²) in [5.74, 6) is 0.499. The summed E-state index contributed by atoms with van der Waals surface area (Å²) in [4.78, 5) is 12.4. The summed E-state index contributed by atoms with van der Waals surface area (Å²) in [6.45, 7) is 0. The van der Waals surface area contributed by atoms with E-state index in [9.17, 15) is 0 Å². The zero-order valence-corrected chi connectivity index (χ0v) is 11.7. The molecule has 8 heteroatoms. The molecule has 21 heavy (non-hydrogen) atoms. The van der Waals surface area contributed by atoms with Gasteiger partial charge in [0.1, 0.15) is 6.33 Å². The minimum atomic E-state index is 0.181. The van der Waals surface area contributed by atoms with Gasteiger partial charge < -0.3 is 10.5 Å². The van der Waals surface area contributed by atoms with Crippen LogP contribution in [0.3, 0.4) is 0 Å². The van der Waals surface area contributed by atoms with Crippen LogP contribution in [0.15, 0.2) is 24.5 Å². The molecule has 7 nitrogen and oxygen atoms in total. The summed E-state index contributed by atoms with van der Waals surface area (Å²) in [6, 6.07) is 6.92. The molecule has 0 bridgehead atoms. The monoisotopic (exact) mass is 300 g/mol. The lowest BCUT2D eigenvalue weighted by molar-refractivity contribution is 0.401. The highest BCUT2D eigenvalue weighted by Gasteiger charge is 2.17. The van der Waals surface area contributed by atoms with E-state index in [1.165, 1.54) is 13.4 Å². The topological polar surface area (TPSA) is 103 Å². The van der Waals surface area contributed by atoms with Gasteiger partial charge in [0, 0.05) is 0 Å². The number of nitrogens with zero attached hydrogens (tertiary/aromatic N) is 5. The molecule has 0 fully saturated rings. The smallest absolute Gasteiger partial charge is 0.245 e. The number of nitrogens with two attached hydrogens (primary N) is 1. The Balaban J connectivity index is 2.36. The van der Waals surface area contributed by atoms with Crippen LogP contribution in [-0.2, 0) is 0 Å². The molecule has 2 N–H and O–H groups in total. The van der Waals surface area contributed by atoms with E-state index in [2.05, 4.69) is 21.0 Å². The van der Waals surface area contributed by atoms with Crippen molar-refractivity contribution in [2.24, 2.45) is 0 Å². The van der Waals surface area contributed by atoms with Gasteiger partial charge in [-0.3, -0.25) is 4.57 Å². The Morgan fingerprint density at radius 2 is 2.19 bits per heavy atom. The fourth-order valence-corrected chi connectivity index (χ4v) is 2.23. The normalized spacial score (nSPS) is 10.5. The Morgan fingerprint density at radius 1 is 1.38 bits per heavy atom. The molecule has 0 saturated carbocycles. The summed E-state index contributed by atoms with van der Waals surface area (Å²) in [5, 5.41) is 9.45. The highest BCUT2D eigenvalue weighted by atomic mass is 35.5. The molecule has 0 aliphatic rings. The van der Waals surface area contributed by atoms with Crippen LogP contribution in [0.4, 0.5) is 5.95 Å². The van der Waals surface area contributed by atoms with Crippen molar-refractivity contribution in [2.45, 2.75) is 0 Å². The number of hydrogen-bond donors (Lipinski definition) is 1. The Labute approximate surface area is 124 Å². The molecule has 0 aliphatic heterocycles. The minimum absolute atomic E-state index is 0.181. The number of halogens is 1. The van der Waals surface area contributed by atoms with E-state index in [4.69, 9.17) is 27.3 Å². The van der Waals surface area contributed by atoms with Crippen molar-refractivity contribution < 1.29 is 4.74 Å². The molecule has 0 amide bonds. The van der Waals surface area contributed by atoms with Crippen LogP contribution in [0.2, 0.25) is 5.02 Å². The molecular formula is C13H9ClN6O. The quantitative estimate of drug-likeness (QED) is 0.775. The van der Waals surface area contributed by atoms with Gasteiger partial charge in [0.25, 0.3) is 0 Å². The molecule has 0 radical (unpaired) electrons.